The van der Waals surface area contributed by atoms with Crippen molar-refractivity contribution in [1.82, 2.24) is 0 Å². The average Bonchev–Trinajstić information content (AvgIpc) is 2.16. The van der Waals surface area contributed by atoms with Gasteiger partial charge in [0.15, 0.2) is 0 Å². The first-order chi connectivity index (χ1) is 6.54. The lowest BCUT2D eigenvalue weighted by Crippen LogP contribution is -2.43. The van der Waals surface area contributed by atoms with Gasteiger partial charge in [0.25, 0.3) is 0 Å². The van der Waals surface area contributed by atoms with Gasteiger partial charge in [-0.3, -0.25) is 0 Å². The first-order valence-corrected chi connectivity index (χ1v) is 5.61. The summed E-state index contributed by atoms with van der Waals surface area (Å²) in [5.41, 5.74) is 2.71. The lowest BCUT2D eigenvalue weighted by molar-refractivity contribution is -0.00990. The van der Waals surface area contributed by atoms with Crippen LogP contribution in [0.15, 0.2) is 23.8 Å². The second-order valence-corrected chi connectivity index (χ2v) is 5.21. The molecule has 2 aliphatic carbocycles. The minimum absolute atomic E-state index is 0.0405. The fourth-order valence-electron chi connectivity index (χ4n) is 2.93. The van der Waals surface area contributed by atoms with Crippen LogP contribution in [0.5, 0.6) is 0 Å². The Bertz CT molecular complexity index is 290. The van der Waals surface area contributed by atoms with E-state index in [1.807, 2.05) is 0 Å². The SMILES string of the molecule is C=C1C=C2CCC(C)[C@@H](O)[C@@]2(C)CC1. The molecule has 0 aliphatic heterocycles. The number of hydrogen-bond donors (Lipinski definition) is 1. The summed E-state index contributed by atoms with van der Waals surface area (Å²) in [6.07, 6.45) is 6.45. The van der Waals surface area contributed by atoms with Crippen molar-refractivity contribution in [2.45, 2.75) is 45.6 Å². The van der Waals surface area contributed by atoms with Crippen molar-refractivity contribution in [2.75, 3.05) is 0 Å². The first-order valence-electron chi connectivity index (χ1n) is 5.61. The molecule has 1 saturated carbocycles. The van der Waals surface area contributed by atoms with Gasteiger partial charge < -0.3 is 5.11 Å². The monoisotopic (exact) mass is 192 g/mol. The summed E-state index contributed by atoms with van der Waals surface area (Å²) in [5, 5.41) is 10.2. The standard InChI is InChI=1S/C13H20O/c1-9-6-7-13(3)11(8-9)5-4-10(2)12(13)14/h8,10,12,14H,1,4-7H2,2-3H3/t10?,12-,13+/m1/s1. The lowest BCUT2D eigenvalue weighted by atomic mass is 9.61. The molecular weight excluding hydrogens is 172 g/mol. The number of allylic oxidation sites excluding steroid dienone is 2. The minimum Gasteiger partial charge on any atom is -0.392 e. The summed E-state index contributed by atoms with van der Waals surface area (Å²) in [7, 11) is 0. The zero-order valence-corrected chi connectivity index (χ0v) is 9.21. The Morgan fingerprint density at radius 3 is 2.93 bits per heavy atom. The van der Waals surface area contributed by atoms with Crippen LogP contribution in [-0.4, -0.2) is 11.2 Å². The van der Waals surface area contributed by atoms with Gasteiger partial charge in [-0.15, -0.1) is 0 Å². The Hall–Kier alpha value is -0.560. The van der Waals surface area contributed by atoms with Crippen molar-refractivity contribution in [2.24, 2.45) is 11.3 Å². The molecular formula is C13H20O. The molecule has 0 heterocycles. The molecule has 3 atom stereocenters. The van der Waals surface area contributed by atoms with Crippen LogP contribution >= 0.6 is 0 Å². The van der Waals surface area contributed by atoms with Crippen molar-refractivity contribution in [1.29, 1.82) is 0 Å². The molecule has 14 heavy (non-hydrogen) atoms. The summed E-state index contributed by atoms with van der Waals surface area (Å²) in [5.74, 6) is 0.448. The molecule has 0 aromatic heterocycles. The van der Waals surface area contributed by atoms with Crippen LogP contribution < -0.4 is 0 Å². The predicted molar refractivity (Wildman–Crippen MR) is 59.0 cm³/mol. The van der Waals surface area contributed by atoms with Gasteiger partial charge in [-0.2, -0.15) is 0 Å². The van der Waals surface area contributed by atoms with E-state index in [9.17, 15) is 5.11 Å². The molecule has 1 heteroatoms. The van der Waals surface area contributed by atoms with Crippen LogP contribution in [0.4, 0.5) is 0 Å². The van der Waals surface area contributed by atoms with E-state index in [-0.39, 0.29) is 11.5 Å². The highest BCUT2D eigenvalue weighted by atomic mass is 16.3. The maximum absolute atomic E-state index is 10.2. The van der Waals surface area contributed by atoms with E-state index in [0.717, 1.165) is 25.7 Å². The van der Waals surface area contributed by atoms with Gasteiger partial charge in [-0.05, 0) is 31.6 Å². The summed E-state index contributed by atoms with van der Waals surface area (Å²) in [6.45, 7) is 8.40. The molecule has 0 spiro atoms. The molecule has 1 fully saturated rings. The van der Waals surface area contributed by atoms with E-state index >= 15 is 0 Å². The van der Waals surface area contributed by atoms with Crippen LogP contribution in [0.1, 0.15) is 39.5 Å². The van der Waals surface area contributed by atoms with Gasteiger partial charge in [-0.1, -0.05) is 37.6 Å². The molecule has 0 bridgehead atoms. The van der Waals surface area contributed by atoms with E-state index in [1.54, 1.807) is 0 Å². The van der Waals surface area contributed by atoms with E-state index in [1.165, 1.54) is 11.1 Å². The van der Waals surface area contributed by atoms with Gasteiger partial charge in [0.05, 0.1) is 6.10 Å². The number of aliphatic hydroxyl groups excluding tert-OH is 1. The number of rotatable bonds is 0. The molecule has 1 nitrogen and oxygen atoms in total. The van der Waals surface area contributed by atoms with Crippen LogP contribution in [-0.2, 0) is 0 Å². The topological polar surface area (TPSA) is 20.2 Å². The van der Waals surface area contributed by atoms with Crippen molar-refractivity contribution >= 4 is 0 Å². The number of fused-ring (bicyclic) bond motifs is 1. The third-order valence-corrected chi connectivity index (χ3v) is 4.14. The maximum Gasteiger partial charge on any atom is 0.0656 e. The third kappa shape index (κ3) is 1.35. The molecule has 0 saturated heterocycles. The summed E-state index contributed by atoms with van der Waals surface area (Å²) >= 11 is 0. The number of hydrogen-bond acceptors (Lipinski definition) is 1. The Morgan fingerprint density at radius 1 is 1.50 bits per heavy atom. The van der Waals surface area contributed by atoms with E-state index in [4.69, 9.17) is 0 Å². The molecule has 1 N–H and O–H groups in total. The quantitative estimate of drug-likeness (QED) is 0.625. The maximum atomic E-state index is 10.2. The van der Waals surface area contributed by atoms with E-state index < -0.39 is 0 Å². The smallest absolute Gasteiger partial charge is 0.0656 e. The first kappa shape index (κ1) is 9.97. The lowest BCUT2D eigenvalue weighted by Gasteiger charge is -2.46. The highest BCUT2D eigenvalue weighted by molar-refractivity contribution is 5.32. The second kappa shape index (κ2) is 3.23. The van der Waals surface area contributed by atoms with E-state index in [0.29, 0.717) is 5.92 Å². The molecule has 0 aromatic rings. The molecule has 0 aromatic carbocycles. The highest BCUT2D eigenvalue weighted by Gasteiger charge is 2.43. The Balaban J connectivity index is 2.34. The minimum atomic E-state index is -0.157. The highest BCUT2D eigenvalue weighted by Crippen LogP contribution is 2.49. The largest absolute Gasteiger partial charge is 0.392 e. The molecule has 1 unspecified atom stereocenters. The van der Waals surface area contributed by atoms with Crippen molar-refractivity contribution in [3.63, 3.8) is 0 Å². The fraction of sp³-hybridized carbons (Fsp3) is 0.692. The summed E-state index contributed by atoms with van der Waals surface area (Å²) in [4.78, 5) is 0. The fourth-order valence-corrected chi connectivity index (χ4v) is 2.93. The Labute approximate surface area is 86.5 Å². The van der Waals surface area contributed by atoms with Gasteiger partial charge in [0.1, 0.15) is 0 Å². The summed E-state index contributed by atoms with van der Waals surface area (Å²) in [6, 6.07) is 0. The van der Waals surface area contributed by atoms with Crippen LogP contribution in [0, 0.1) is 11.3 Å². The van der Waals surface area contributed by atoms with E-state index in [2.05, 4.69) is 26.5 Å². The van der Waals surface area contributed by atoms with Crippen LogP contribution in [0.25, 0.3) is 0 Å². The van der Waals surface area contributed by atoms with Crippen molar-refractivity contribution in [3.05, 3.63) is 23.8 Å². The zero-order chi connectivity index (χ0) is 10.3. The van der Waals surface area contributed by atoms with Crippen molar-refractivity contribution in [3.8, 4) is 0 Å². The molecule has 0 amide bonds. The molecule has 78 valence electrons. The Kier molecular flexibility index (Phi) is 2.30. The van der Waals surface area contributed by atoms with Gasteiger partial charge >= 0.3 is 0 Å². The molecule has 2 rings (SSSR count). The van der Waals surface area contributed by atoms with Gasteiger partial charge in [0.2, 0.25) is 0 Å². The second-order valence-electron chi connectivity index (χ2n) is 5.21. The predicted octanol–water partition coefficient (Wildman–Crippen LogP) is 3.06. The normalized spacial score (nSPS) is 43.1. The third-order valence-electron chi connectivity index (χ3n) is 4.14. The molecule has 0 radical (unpaired) electrons. The van der Waals surface area contributed by atoms with Crippen molar-refractivity contribution < 1.29 is 5.11 Å². The Morgan fingerprint density at radius 2 is 2.21 bits per heavy atom. The zero-order valence-electron chi connectivity index (χ0n) is 9.21. The molecule has 2 aliphatic rings. The van der Waals surface area contributed by atoms with Gasteiger partial charge in [0, 0.05) is 5.41 Å². The number of aliphatic hydroxyl groups is 1. The average molecular weight is 192 g/mol. The van der Waals surface area contributed by atoms with Gasteiger partial charge in [-0.25, -0.2) is 0 Å². The summed E-state index contributed by atoms with van der Waals surface area (Å²) < 4.78 is 0. The van der Waals surface area contributed by atoms with Crippen LogP contribution in [0.3, 0.4) is 0 Å². The van der Waals surface area contributed by atoms with Crippen LogP contribution in [0.2, 0.25) is 0 Å².